The van der Waals surface area contributed by atoms with E-state index < -0.39 is 20.0 Å². The first-order valence-electron chi connectivity index (χ1n) is 8.72. The van der Waals surface area contributed by atoms with Crippen LogP contribution in [0.2, 0.25) is 0 Å². The molecule has 2 aromatic rings. The molecule has 2 fully saturated rings. The molecule has 0 amide bonds. The molecule has 2 heterocycles. The molecule has 26 heavy (non-hydrogen) atoms. The van der Waals surface area contributed by atoms with E-state index in [0.29, 0.717) is 25.9 Å². The number of sulfonamides is 2. The van der Waals surface area contributed by atoms with Crippen LogP contribution in [0, 0.1) is 0 Å². The van der Waals surface area contributed by atoms with E-state index in [2.05, 4.69) is 9.71 Å². The Morgan fingerprint density at radius 1 is 1.00 bits per heavy atom. The van der Waals surface area contributed by atoms with Gasteiger partial charge in [0.1, 0.15) is 0 Å². The van der Waals surface area contributed by atoms with Gasteiger partial charge in [-0.15, -0.1) is 0 Å². The van der Waals surface area contributed by atoms with Crippen LogP contribution in [0.4, 0.5) is 0 Å². The zero-order valence-corrected chi connectivity index (χ0v) is 15.8. The second kappa shape index (κ2) is 6.56. The first-order valence-corrected chi connectivity index (χ1v) is 11.7. The van der Waals surface area contributed by atoms with Crippen LogP contribution in [0.3, 0.4) is 0 Å². The number of aromatic nitrogens is 1. The smallest absolute Gasteiger partial charge is 0.240 e. The average molecular weight is 396 g/mol. The summed E-state index contributed by atoms with van der Waals surface area (Å²) >= 11 is 0. The van der Waals surface area contributed by atoms with Crippen molar-refractivity contribution < 1.29 is 16.8 Å². The zero-order chi connectivity index (χ0) is 18.4. The van der Waals surface area contributed by atoms with Gasteiger partial charge >= 0.3 is 0 Å². The predicted molar refractivity (Wildman–Crippen MR) is 98.6 cm³/mol. The van der Waals surface area contributed by atoms with E-state index in [1.54, 1.807) is 30.5 Å². The summed E-state index contributed by atoms with van der Waals surface area (Å²) in [5.74, 6) is 0. The Hall–Kier alpha value is -1.55. The Morgan fingerprint density at radius 2 is 1.73 bits per heavy atom. The number of piperidine rings is 1. The topological polar surface area (TPSA) is 96.4 Å². The molecule has 7 nitrogen and oxygen atoms in total. The molecule has 2 aliphatic rings. The van der Waals surface area contributed by atoms with Gasteiger partial charge in [-0.2, -0.15) is 0 Å². The van der Waals surface area contributed by atoms with Crippen molar-refractivity contribution >= 4 is 30.9 Å². The summed E-state index contributed by atoms with van der Waals surface area (Å²) in [5, 5.41) is 0.544. The highest BCUT2D eigenvalue weighted by Crippen LogP contribution is 2.32. The molecule has 9 heteroatoms. The molecule has 0 unspecified atom stereocenters. The minimum absolute atomic E-state index is 0.200. The maximum atomic E-state index is 12.7. The van der Waals surface area contributed by atoms with Gasteiger partial charge < -0.3 is 0 Å². The van der Waals surface area contributed by atoms with E-state index >= 15 is 0 Å². The largest absolute Gasteiger partial charge is 0.256 e. The highest BCUT2D eigenvalue weighted by molar-refractivity contribution is 7.90. The van der Waals surface area contributed by atoms with Gasteiger partial charge in [0, 0.05) is 30.7 Å². The first kappa shape index (κ1) is 17.8. The van der Waals surface area contributed by atoms with Crippen LogP contribution in [-0.2, 0) is 20.0 Å². The summed E-state index contributed by atoms with van der Waals surface area (Å²) in [6.07, 6.45) is 4.12. The van der Waals surface area contributed by atoms with Crippen LogP contribution < -0.4 is 4.72 Å². The fourth-order valence-corrected chi connectivity index (χ4v) is 6.53. The molecule has 140 valence electrons. The van der Waals surface area contributed by atoms with E-state index in [1.165, 1.54) is 4.31 Å². The van der Waals surface area contributed by atoms with Gasteiger partial charge in [-0.05, 0) is 49.9 Å². The second-order valence-corrected chi connectivity index (χ2v) is 10.8. The third-order valence-corrected chi connectivity index (χ3v) is 8.88. The molecule has 1 aliphatic heterocycles. The highest BCUT2D eigenvalue weighted by atomic mass is 32.2. The van der Waals surface area contributed by atoms with Crippen molar-refractivity contribution in [3.05, 3.63) is 36.5 Å². The maximum Gasteiger partial charge on any atom is 0.240 e. The zero-order valence-electron chi connectivity index (χ0n) is 14.2. The van der Waals surface area contributed by atoms with Crippen molar-refractivity contribution in [3.63, 3.8) is 0 Å². The van der Waals surface area contributed by atoms with E-state index in [0.717, 1.165) is 23.7 Å². The summed E-state index contributed by atoms with van der Waals surface area (Å²) in [4.78, 5) is 4.39. The lowest BCUT2D eigenvalue weighted by molar-refractivity contribution is 0.308. The third kappa shape index (κ3) is 3.48. The number of rotatable bonds is 5. The van der Waals surface area contributed by atoms with Crippen molar-refractivity contribution in [2.45, 2.75) is 41.9 Å². The van der Waals surface area contributed by atoms with E-state index in [9.17, 15) is 16.8 Å². The van der Waals surface area contributed by atoms with E-state index in [-0.39, 0.29) is 16.2 Å². The molecule has 4 rings (SSSR count). The maximum absolute atomic E-state index is 12.7. The quantitative estimate of drug-likeness (QED) is 0.827. The minimum Gasteiger partial charge on any atom is -0.256 e. The molecule has 1 aromatic carbocycles. The van der Waals surface area contributed by atoms with Crippen LogP contribution in [0.15, 0.2) is 41.4 Å². The number of fused-ring (bicyclic) bond motifs is 1. The van der Waals surface area contributed by atoms with Crippen LogP contribution in [-0.4, -0.2) is 50.5 Å². The van der Waals surface area contributed by atoms with Gasteiger partial charge in [0.25, 0.3) is 0 Å². The highest BCUT2D eigenvalue weighted by Gasteiger charge is 2.41. The Labute approximate surface area is 153 Å². The van der Waals surface area contributed by atoms with Crippen LogP contribution in [0.1, 0.15) is 25.7 Å². The number of nitrogens with one attached hydrogen (secondary N) is 1. The number of pyridine rings is 1. The summed E-state index contributed by atoms with van der Waals surface area (Å²) in [6.45, 7) is 0.737. The molecule has 0 atom stereocenters. The monoisotopic (exact) mass is 395 g/mol. The minimum atomic E-state index is -3.65. The molecule has 1 aromatic heterocycles. The Morgan fingerprint density at radius 3 is 2.42 bits per heavy atom. The molecule has 0 spiro atoms. The average Bonchev–Trinajstić information content (AvgIpc) is 3.47. The predicted octanol–water partition coefficient (Wildman–Crippen LogP) is 1.47. The Balaban J connectivity index is 1.44. The summed E-state index contributed by atoms with van der Waals surface area (Å²) in [5.41, 5.74) is 0.741. The Bertz CT molecular complexity index is 1020. The summed E-state index contributed by atoms with van der Waals surface area (Å²) < 4.78 is 54.1. The lowest BCUT2D eigenvalue weighted by Gasteiger charge is -2.31. The summed E-state index contributed by atoms with van der Waals surface area (Å²) in [6, 6.07) is 8.18. The van der Waals surface area contributed by atoms with Crippen LogP contribution in [0.25, 0.3) is 10.9 Å². The molecule has 1 saturated heterocycles. The lowest BCUT2D eigenvalue weighted by Crippen LogP contribution is -2.47. The van der Waals surface area contributed by atoms with Gasteiger partial charge in [-0.25, -0.2) is 25.9 Å². The summed E-state index contributed by atoms with van der Waals surface area (Å²) in [7, 11) is -6.84. The molecule has 1 N–H and O–H groups in total. The van der Waals surface area contributed by atoms with Crippen molar-refractivity contribution in [1.29, 1.82) is 0 Å². The molecular weight excluding hydrogens is 374 g/mol. The SMILES string of the molecule is O=S(=O)(NC1CCN(S(=O)(=O)C2CC2)CC1)c1ccc2ncccc2c1. The molecule has 0 bridgehead atoms. The molecular formula is C17H21N3O4S2. The fourth-order valence-electron chi connectivity index (χ4n) is 3.31. The number of hydrogen-bond acceptors (Lipinski definition) is 5. The standard InChI is InChI=1S/C17H21N3O4S2/c21-25(22,16-5-6-17-13(12-16)2-1-9-18-17)19-14-7-10-20(11-8-14)26(23,24)15-3-4-15/h1-2,5-6,9,12,14-15,19H,3-4,7-8,10-11H2. The molecule has 0 radical (unpaired) electrons. The second-order valence-electron chi connectivity index (χ2n) is 6.90. The fraction of sp³-hybridized carbons (Fsp3) is 0.471. The van der Waals surface area contributed by atoms with Crippen molar-refractivity contribution in [1.82, 2.24) is 14.0 Å². The first-order chi connectivity index (χ1) is 12.4. The molecule has 1 saturated carbocycles. The number of benzene rings is 1. The van der Waals surface area contributed by atoms with Gasteiger partial charge in [0.2, 0.25) is 20.0 Å². The van der Waals surface area contributed by atoms with Crippen molar-refractivity contribution in [2.24, 2.45) is 0 Å². The van der Waals surface area contributed by atoms with Crippen LogP contribution in [0.5, 0.6) is 0 Å². The van der Waals surface area contributed by atoms with Gasteiger partial charge in [0.05, 0.1) is 15.7 Å². The van der Waals surface area contributed by atoms with Gasteiger partial charge in [-0.3, -0.25) is 4.98 Å². The van der Waals surface area contributed by atoms with Gasteiger partial charge in [-0.1, -0.05) is 6.07 Å². The Kier molecular flexibility index (Phi) is 4.50. The van der Waals surface area contributed by atoms with Crippen LogP contribution >= 0.6 is 0 Å². The number of hydrogen-bond donors (Lipinski definition) is 1. The van der Waals surface area contributed by atoms with E-state index in [1.807, 2.05) is 6.07 Å². The van der Waals surface area contributed by atoms with E-state index in [4.69, 9.17) is 0 Å². The van der Waals surface area contributed by atoms with Crippen molar-refractivity contribution in [3.8, 4) is 0 Å². The van der Waals surface area contributed by atoms with Crippen molar-refractivity contribution in [2.75, 3.05) is 13.1 Å². The van der Waals surface area contributed by atoms with Gasteiger partial charge in [0.15, 0.2) is 0 Å². The molecule has 1 aliphatic carbocycles. The lowest BCUT2D eigenvalue weighted by atomic mass is 10.1. The number of nitrogens with zero attached hydrogens (tertiary/aromatic N) is 2. The normalized spacial score (nSPS) is 20.5. The third-order valence-electron chi connectivity index (χ3n) is 4.97.